The van der Waals surface area contributed by atoms with Gasteiger partial charge in [0.25, 0.3) is 0 Å². The highest BCUT2D eigenvalue weighted by atomic mass is 35.5. The number of rotatable bonds is 9. The standard InChI is InChI=1S/C22H26N4O.2ClH/c23-20(16-19-10-5-2-6-11-19)22(27)25-17-21-24-13-15-26(21)14-7-12-18-8-3-1-4-9-18;;/h1-6,8-11,13,15,20H,7,12,14,16-17,23H2,(H,25,27);2*1H. The number of nitrogens with zero attached hydrogens (tertiary/aromatic N) is 2. The molecular weight excluding hydrogens is 407 g/mol. The molecule has 29 heavy (non-hydrogen) atoms. The van der Waals surface area contributed by atoms with Gasteiger partial charge in [-0.25, -0.2) is 4.98 Å². The first-order valence-corrected chi connectivity index (χ1v) is 9.33. The molecule has 3 rings (SSSR count). The maximum absolute atomic E-state index is 12.3. The molecule has 3 N–H and O–H groups in total. The minimum atomic E-state index is -0.561. The lowest BCUT2D eigenvalue weighted by molar-refractivity contribution is -0.122. The number of hydrogen-bond acceptors (Lipinski definition) is 3. The second-order valence-corrected chi connectivity index (χ2v) is 6.64. The molecule has 5 nitrogen and oxygen atoms in total. The Labute approximate surface area is 184 Å². The molecule has 3 aromatic rings. The van der Waals surface area contributed by atoms with E-state index in [1.165, 1.54) is 5.56 Å². The maximum atomic E-state index is 12.3. The number of nitrogens with two attached hydrogens (primary N) is 1. The van der Waals surface area contributed by atoms with E-state index in [0.29, 0.717) is 13.0 Å². The van der Waals surface area contributed by atoms with Gasteiger partial charge in [-0.05, 0) is 30.4 Å². The predicted molar refractivity (Wildman–Crippen MR) is 121 cm³/mol. The number of benzene rings is 2. The average molecular weight is 435 g/mol. The minimum Gasteiger partial charge on any atom is -0.348 e. The van der Waals surface area contributed by atoms with Crippen LogP contribution in [0.15, 0.2) is 73.1 Å². The Hall–Kier alpha value is -2.34. The van der Waals surface area contributed by atoms with Crippen molar-refractivity contribution in [2.75, 3.05) is 0 Å². The first kappa shape index (κ1) is 24.7. The molecule has 1 heterocycles. The van der Waals surface area contributed by atoms with Crippen LogP contribution in [0.4, 0.5) is 0 Å². The van der Waals surface area contributed by atoms with Crippen molar-refractivity contribution in [3.63, 3.8) is 0 Å². The number of carbonyl (C=O) groups excluding carboxylic acids is 1. The Morgan fingerprint density at radius 2 is 1.62 bits per heavy atom. The molecule has 0 saturated heterocycles. The van der Waals surface area contributed by atoms with Gasteiger partial charge in [0, 0.05) is 18.9 Å². The number of aryl methyl sites for hydroxylation is 2. The average Bonchev–Trinajstić information content (AvgIpc) is 3.15. The molecule has 7 heteroatoms. The van der Waals surface area contributed by atoms with Crippen LogP contribution >= 0.6 is 24.8 Å². The highest BCUT2D eigenvalue weighted by molar-refractivity contribution is 5.85. The van der Waals surface area contributed by atoms with Crippen LogP contribution in [0.3, 0.4) is 0 Å². The van der Waals surface area contributed by atoms with Crippen molar-refractivity contribution >= 4 is 30.7 Å². The SMILES string of the molecule is Cl.Cl.NC(Cc1ccccc1)C(=O)NCc1nccn1CCCc1ccccc1. The van der Waals surface area contributed by atoms with Crippen molar-refractivity contribution in [3.8, 4) is 0 Å². The number of aromatic nitrogens is 2. The molecule has 0 radical (unpaired) electrons. The van der Waals surface area contributed by atoms with Crippen LogP contribution in [-0.2, 0) is 30.7 Å². The summed E-state index contributed by atoms with van der Waals surface area (Å²) < 4.78 is 2.09. The van der Waals surface area contributed by atoms with Crippen molar-refractivity contribution in [1.29, 1.82) is 0 Å². The van der Waals surface area contributed by atoms with E-state index in [1.54, 1.807) is 6.20 Å². The van der Waals surface area contributed by atoms with E-state index in [0.717, 1.165) is 30.8 Å². The second kappa shape index (κ2) is 13.0. The van der Waals surface area contributed by atoms with Crippen molar-refractivity contribution in [3.05, 3.63) is 90.0 Å². The quantitative estimate of drug-likeness (QED) is 0.540. The number of halogens is 2. The van der Waals surface area contributed by atoms with Crippen LogP contribution < -0.4 is 11.1 Å². The van der Waals surface area contributed by atoms with E-state index in [1.807, 2.05) is 42.6 Å². The zero-order valence-corrected chi connectivity index (χ0v) is 17.9. The molecule has 0 spiro atoms. The first-order chi connectivity index (χ1) is 13.2. The van der Waals surface area contributed by atoms with Crippen LogP contribution in [0.5, 0.6) is 0 Å². The fourth-order valence-electron chi connectivity index (χ4n) is 3.07. The third-order valence-electron chi connectivity index (χ3n) is 4.56. The molecule has 1 atom stereocenters. The summed E-state index contributed by atoms with van der Waals surface area (Å²) in [4.78, 5) is 16.6. The topological polar surface area (TPSA) is 72.9 Å². The Morgan fingerprint density at radius 3 is 2.28 bits per heavy atom. The first-order valence-electron chi connectivity index (χ1n) is 9.33. The fraction of sp³-hybridized carbons (Fsp3) is 0.273. The van der Waals surface area contributed by atoms with Gasteiger partial charge in [-0.1, -0.05) is 60.7 Å². The predicted octanol–water partition coefficient (Wildman–Crippen LogP) is 3.55. The molecular formula is C22H28Cl2N4O. The lowest BCUT2D eigenvalue weighted by Crippen LogP contribution is -2.42. The number of hydrogen-bond donors (Lipinski definition) is 2. The van der Waals surface area contributed by atoms with Crippen LogP contribution in [0.25, 0.3) is 0 Å². The van der Waals surface area contributed by atoms with E-state index in [4.69, 9.17) is 5.73 Å². The number of imidazole rings is 1. The lowest BCUT2D eigenvalue weighted by Gasteiger charge is -2.13. The monoisotopic (exact) mass is 434 g/mol. The summed E-state index contributed by atoms with van der Waals surface area (Å²) in [6.07, 6.45) is 6.30. The molecule has 0 aliphatic heterocycles. The smallest absolute Gasteiger partial charge is 0.237 e. The minimum absolute atomic E-state index is 0. The zero-order valence-electron chi connectivity index (χ0n) is 16.2. The molecule has 156 valence electrons. The van der Waals surface area contributed by atoms with E-state index in [2.05, 4.69) is 39.1 Å². The van der Waals surface area contributed by atoms with Gasteiger partial charge in [-0.15, -0.1) is 24.8 Å². The van der Waals surface area contributed by atoms with E-state index in [-0.39, 0.29) is 30.7 Å². The molecule has 0 aliphatic rings. The van der Waals surface area contributed by atoms with Crippen molar-refractivity contribution in [1.82, 2.24) is 14.9 Å². The van der Waals surface area contributed by atoms with E-state index >= 15 is 0 Å². The Morgan fingerprint density at radius 1 is 1.00 bits per heavy atom. The molecule has 1 aromatic heterocycles. The van der Waals surface area contributed by atoms with Gasteiger partial charge in [0.2, 0.25) is 5.91 Å². The summed E-state index contributed by atoms with van der Waals surface area (Å²) in [5, 5.41) is 2.91. The number of amides is 1. The normalized spacial score (nSPS) is 11.1. The Bertz CT molecular complexity index is 840. The molecule has 0 bridgehead atoms. The molecule has 1 unspecified atom stereocenters. The summed E-state index contributed by atoms with van der Waals surface area (Å²) in [7, 11) is 0. The van der Waals surface area contributed by atoms with E-state index < -0.39 is 6.04 Å². The van der Waals surface area contributed by atoms with Gasteiger partial charge < -0.3 is 15.6 Å². The van der Waals surface area contributed by atoms with Gasteiger partial charge >= 0.3 is 0 Å². The summed E-state index contributed by atoms with van der Waals surface area (Å²) in [6, 6.07) is 19.7. The highest BCUT2D eigenvalue weighted by Gasteiger charge is 2.14. The summed E-state index contributed by atoms with van der Waals surface area (Å²) in [6.45, 7) is 1.26. The molecule has 2 aromatic carbocycles. The molecule has 0 aliphatic carbocycles. The third-order valence-corrected chi connectivity index (χ3v) is 4.56. The van der Waals surface area contributed by atoms with Crippen molar-refractivity contribution in [2.24, 2.45) is 5.73 Å². The van der Waals surface area contributed by atoms with Crippen LogP contribution in [0, 0.1) is 0 Å². The van der Waals surface area contributed by atoms with Crippen molar-refractivity contribution < 1.29 is 4.79 Å². The van der Waals surface area contributed by atoms with Crippen LogP contribution in [-0.4, -0.2) is 21.5 Å². The zero-order chi connectivity index (χ0) is 18.9. The maximum Gasteiger partial charge on any atom is 0.237 e. The Balaban J connectivity index is 0.00000210. The highest BCUT2D eigenvalue weighted by Crippen LogP contribution is 2.06. The van der Waals surface area contributed by atoms with Crippen LogP contribution in [0.1, 0.15) is 23.4 Å². The largest absolute Gasteiger partial charge is 0.348 e. The van der Waals surface area contributed by atoms with Gasteiger partial charge in [0.05, 0.1) is 12.6 Å². The Kier molecular flexibility index (Phi) is 11.1. The van der Waals surface area contributed by atoms with Gasteiger partial charge in [0.1, 0.15) is 5.82 Å². The van der Waals surface area contributed by atoms with Crippen LogP contribution in [0.2, 0.25) is 0 Å². The van der Waals surface area contributed by atoms with E-state index in [9.17, 15) is 4.79 Å². The second-order valence-electron chi connectivity index (χ2n) is 6.64. The molecule has 0 saturated carbocycles. The van der Waals surface area contributed by atoms with Gasteiger partial charge in [-0.3, -0.25) is 4.79 Å². The molecule has 1 amide bonds. The number of nitrogens with one attached hydrogen (secondary N) is 1. The summed E-state index contributed by atoms with van der Waals surface area (Å²) >= 11 is 0. The van der Waals surface area contributed by atoms with Crippen molar-refractivity contribution in [2.45, 2.75) is 38.4 Å². The molecule has 0 fully saturated rings. The fourth-order valence-corrected chi connectivity index (χ4v) is 3.07. The van der Waals surface area contributed by atoms with Gasteiger partial charge in [0.15, 0.2) is 0 Å². The summed E-state index contributed by atoms with van der Waals surface area (Å²) in [5.41, 5.74) is 8.42. The third kappa shape index (κ3) is 7.89. The number of carbonyl (C=O) groups is 1. The van der Waals surface area contributed by atoms with Gasteiger partial charge in [-0.2, -0.15) is 0 Å². The lowest BCUT2D eigenvalue weighted by atomic mass is 10.1. The summed E-state index contributed by atoms with van der Waals surface area (Å²) in [5.74, 6) is 0.695.